The molecule has 3 aromatic rings. The maximum atomic E-state index is 11.2. The summed E-state index contributed by atoms with van der Waals surface area (Å²) in [6.45, 7) is 0.988. The Morgan fingerprint density at radius 2 is 1.86 bits per heavy atom. The SMILES string of the molecule is COc1ccc2c(c1)N(CCCOS(=O)O)C(=Cc1sc3ccc(OC)cc3[n+]1CCCS(=O)(=O)[O-])S2. The maximum Gasteiger partial charge on any atom is 0.301 e. The number of aromatic nitrogens is 1. The van der Waals surface area contributed by atoms with Crippen molar-refractivity contribution in [1.82, 2.24) is 0 Å². The molecular formula is C23H26N2O8S4. The van der Waals surface area contributed by atoms with Crippen molar-refractivity contribution in [2.45, 2.75) is 24.3 Å². The Morgan fingerprint density at radius 3 is 2.57 bits per heavy atom. The van der Waals surface area contributed by atoms with E-state index in [0.717, 1.165) is 30.8 Å². The Kier molecular flexibility index (Phi) is 9.11. The van der Waals surface area contributed by atoms with Crippen LogP contribution in [0, 0.1) is 0 Å². The molecular weight excluding hydrogens is 561 g/mol. The minimum Gasteiger partial charge on any atom is -0.748 e. The molecule has 0 spiro atoms. The monoisotopic (exact) mass is 586 g/mol. The van der Waals surface area contributed by atoms with E-state index in [4.69, 9.17) is 18.2 Å². The largest absolute Gasteiger partial charge is 0.748 e. The molecule has 1 unspecified atom stereocenters. The fraction of sp³-hybridized carbons (Fsp3) is 0.348. The highest BCUT2D eigenvalue weighted by Crippen LogP contribution is 2.48. The molecule has 0 fully saturated rings. The minimum absolute atomic E-state index is 0.114. The Bertz CT molecular complexity index is 1440. The van der Waals surface area contributed by atoms with Gasteiger partial charge in [-0.3, -0.25) is 8.74 Å². The highest BCUT2D eigenvalue weighted by molar-refractivity contribution is 8.03. The summed E-state index contributed by atoms with van der Waals surface area (Å²) >= 11 is 0.811. The van der Waals surface area contributed by atoms with Crippen molar-refractivity contribution in [3.05, 3.63) is 46.4 Å². The standard InChI is InChI=1S/C23H26N2O8S4/c1-31-16-5-7-20-18(13-16)24(9-3-11-33-36(26)27)22(34-20)15-23-25(10-4-12-37(28,29)30)19-14-17(32-2)6-8-21(19)35-23/h5-8,13-15H,3-4,9-12H2,1-2H3,(H-,26,27,28,29,30). The van der Waals surface area contributed by atoms with Crippen LogP contribution in [0.3, 0.4) is 0 Å². The van der Waals surface area contributed by atoms with Gasteiger partial charge >= 0.3 is 11.4 Å². The first-order valence-corrected chi connectivity index (χ1v) is 15.5. The molecule has 0 amide bonds. The second-order valence-electron chi connectivity index (χ2n) is 8.00. The molecule has 0 bridgehead atoms. The van der Waals surface area contributed by atoms with Crippen LogP contribution in [0.15, 0.2) is 46.3 Å². The summed E-state index contributed by atoms with van der Waals surface area (Å²) in [6, 6.07) is 11.5. The molecule has 0 radical (unpaired) electrons. The molecule has 1 aliphatic rings. The number of hydrogen-bond donors (Lipinski definition) is 1. The summed E-state index contributed by atoms with van der Waals surface area (Å²) < 4.78 is 72.0. The quantitative estimate of drug-likeness (QED) is 0.145. The van der Waals surface area contributed by atoms with E-state index in [1.165, 1.54) is 0 Å². The van der Waals surface area contributed by atoms with Gasteiger partial charge in [-0.15, -0.1) is 0 Å². The molecule has 0 aliphatic carbocycles. The fourth-order valence-corrected chi connectivity index (χ4v) is 6.98. The number of rotatable bonds is 12. The lowest BCUT2D eigenvalue weighted by Gasteiger charge is -2.20. The predicted octanol–water partition coefficient (Wildman–Crippen LogP) is 3.60. The zero-order valence-corrected chi connectivity index (χ0v) is 23.4. The predicted molar refractivity (Wildman–Crippen MR) is 143 cm³/mol. The lowest BCUT2D eigenvalue weighted by molar-refractivity contribution is -0.668. The highest BCUT2D eigenvalue weighted by atomic mass is 32.2. The molecule has 4 rings (SSSR count). The number of ether oxygens (including phenoxy) is 2. The van der Waals surface area contributed by atoms with Crippen LogP contribution in [0.5, 0.6) is 11.5 Å². The number of thiazole rings is 1. The van der Waals surface area contributed by atoms with Gasteiger partial charge in [-0.05, 0) is 30.7 Å². The Labute approximate surface area is 226 Å². The van der Waals surface area contributed by atoms with Crippen LogP contribution < -0.4 is 18.9 Å². The zero-order valence-electron chi connectivity index (χ0n) is 20.1. The van der Waals surface area contributed by atoms with Crippen molar-refractivity contribution in [3.8, 4) is 11.5 Å². The van der Waals surface area contributed by atoms with Crippen LogP contribution in [-0.2, 0) is 32.2 Å². The average molecular weight is 587 g/mol. The van der Waals surface area contributed by atoms with Crippen molar-refractivity contribution >= 4 is 66.6 Å². The number of benzene rings is 2. The van der Waals surface area contributed by atoms with Crippen molar-refractivity contribution in [3.63, 3.8) is 0 Å². The summed E-state index contributed by atoms with van der Waals surface area (Å²) in [5.41, 5.74) is 1.83. The highest BCUT2D eigenvalue weighted by Gasteiger charge is 2.28. The number of anilines is 1. The van der Waals surface area contributed by atoms with Gasteiger partial charge in [0.15, 0.2) is 6.54 Å². The molecule has 1 aromatic heterocycles. The van der Waals surface area contributed by atoms with E-state index < -0.39 is 27.2 Å². The Hall–Kier alpha value is -2.20. The number of nitrogens with zero attached hydrogens (tertiary/aromatic N) is 2. The topological polar surface area (TPSA) is 129 Å². The molecule has 10 nitrogen and oxygen atoms in total. The molecule has 0 saturated heterocycles. The van der Waals surface area contributed by atoms with E-state index in [0.29, 0.717) is 31.0 Å². The molecule has 200 valence electrons. The van der Waals surface area contributed by atoms with E-state index >= 15 is 0 Å². The van der Waals surface area contributed by atoms with Gasteiger partial charge in [0.25, 0.3) is 5.01 Å². The lowest BCUT2D eigenvalue weighted by Crippen LogP contribution is -2.36. The van der Waals surface area contributed by atoms with E-state index in [2.05, 4.69) is 4.90 Å². The Morgan fingerprint density at radius 1 is 1.14 bits per heavy atom. The maximum absolute atomic E-state index is 11.2. The van der Waals surface area contributed by atoms with E-state index in [9.17, 15) is 17.2 Å². The van der Waals surface area contributed by atoms with Crippen LogP contribution in [-0.4, -0.2) is 54.9 Å². The third-order valence-corrected chi connectivity index (χ3v) is 8.99. The van der Waals surface area contributed by atoms with E-state index in [-0.39, 0.29) is 13.0 Å². The molecule has 1 aliphatic heterocycles. The van der Waals surface area contributed by atoms with Gasteiger partial charge in [-0.25, -0.2) is 8.42 Å². The summed E-state index contributed by atoms with van der Waals surface area (Å²) in [7, 11) is -1.14. The third-order valence-electron chi connectivity index (χ3n) is 5.61. The summed E-state index contributed by atoms with van der Waals surface area (Å²) in [5.74, 6) is 0.934. The van der Waals surface area contributed by atoms with Gasteiger partial charge in [0.1, 0.15) is 16.2 Å². The zero-order chi connectivity index (χ0) is 26.6. The average Bonchev–Trinajstić information content (AvgIpc) is 3.37. The first-order valence-electron chi connectivity index (χ1n) is 11.2. The van der Waals surface area contributed by atoms with Gasteiger partial charge in [0, 0.05) is 29.7 Å². The van der Waals surface area contributed by atoms with Gasteiger partial charge < -0.3 is 18.9 Å². The molecule has 0 saturated carbocycles. The summed E-state index contributed by atoms with van der Waals surface area (Å²) in [5, 5.41) is 1.81. The van der Waals surface area contributed by atoms with Crippen LogP contribution in [0.25, 0.3) is 16.3 Å². The molecule has 1 N–H and O–H groups in total. The molecule has 1 atom stereocenters. The van der Waals surface area contributed by atoms with Crippen LogP contribution >= 0.6 is 23.1 Å². The third kappa shape index (κ3) is 7.02. The van der Waals surface area contributed by atoms with Crippen LogP contribution in [0.1, 0.15) is 17.8 Å². The number of methoxy groups -OCH3 is 2. The minimum atomic E-state index is -4.32. The van der Waals surface area contributed by atoms with Crippen LogP contribution in [0.2, 0.25) is 0 Å². The van der Waals surface area contributed by atoms with E-state index in [1.54, 1.807) is 37.3 Å². The van der Waals surface area contributed by atoms with Crippen molar-refractivity contribution in [1.29, 1.82) is 0 Å². The number of aryl methyl sites for hydroxylation is 1. The van der Waals surface area contributed by atoms with Gasteiger partial charge in [-0.1, -0.05) is 23.1 Å². The normalized spacial score (nSPS) is 15.4. The smallest absolute Gasteiger partial charge is 0.301 e. The number of fused-ring (bicyclic) bond motifs is 2. The number of thioether (sulfide) groups is 1. The molecule has 14 heteroatoms. The van der Waals surface area contributed by atoms with Crippen LogP contribution in [0.4, 0.5) is 5.69 Å². The van der Waals surface area contributed by atoms with Crippen molar-refractivity contribution in [2.75, 3.05) is 38.0 Å². The van der Waals surface area contributed by atoms with E-state index in [1.807, 2.05) is 47.0 Å². The first kappa shape index (κ1) is 27.8. The Balaban J connectivity index is 1.72. The second kappa shape index (κ2) is 12.1. The molecule has 2 heterocycles. The first-order chi connectivity index (χ1) is 17.7. The lowest BCUT2D eigenvalue weighted by atomic mass is 10.2. The molecule has 37 heavy (non-hydrogen) atoms. The summed E-state index contributed by atoms with van der Waals surface area (Å²) in [6.07, 6.45) is 2.72. The van der Waals surface area contributed by atoms with Crippen molar-refractivity contribution < 1.29 is 40.0 Å². The fourth-order valence-electron chi connectivity index (χ4n) is 3.95. The van der Waals surface area contributed by atoms with Gasteiger partial charge in [0.2, 0.25) is 5.52 Å². The molecule has 2 aromatic carbocycles. The second-order valence-corrected chi connectivity index (χ2v) is 12.3. The summed E-state index contributed by atoms with van der Waals surface area (Å²) in [4.78, 5) is 3.13. The number of hydrogen-bond acceptors (Lipinski definition) is 10. The van der Waals surface area contributed by atoms with Gasteiger partial charge in [0.05, 0.1) is 53.8 Å². The van der Waals surface area contributed by atoms with Gasteiger partial charge in [-0.2, -0.15) is 8.78 Å². The van der Waals surface area contributed by atoms with Crippen molar-refractivity contribution in [2.24, 2.45) is 0 Å².